The second kappa shape index (κ2) is 7.14. The zero-order chi connectivity index (χ0) is 17.7. The summed E-state index contributed by atoms with van der Waals surface area (Å²) < 4.78 is 32.1. The number of rotatable bonds is 6. The van der Waals surface area contributed by atoms with Crippen LogP contribution >= 0.6 is 0 Å². The van der Waals surface area contributed by atoms with Gasteiger partial charge >= 0.3 is 11.9 Å². The number of ether oxygens (including phenoxy) is 1. The first-order valence-electron chi connectivity index (χ1n) is 6.97. The molecule has 8 heteroatoms. The van der Waals surface area contributed by atoms with E-state index in [1.165, 1.54) is 30.3 Å². The first-order valence-corrected chi connectivity index (χ1v) is 8.46. The molecule has 2 aromatic carbocycles. The summed E-state index contributed by atoms with van der Waals surface area (Å²) in [5, 5.41) is 8.96. The van der Waals surface area contributed by atoms with Gasteiger partial charge in [-0.3, -0.25) is 4.72 Å². The van der Waals surface area contributed by atoms with Gasteiger partial charge in [-0.2, -0.15) is 0 Å². The van der Waals surface area contributed by atoms with E-state index in [-0.39, 0.29) is 28.3 Å². The van der Waals surface area contributed by atoms with Gasteiger partial charge in [-0.05, 0) is 37.3 Å². The molecule has 0 radical (unpaired) electrons. The predicted octanol–water partition coefficient (Wildman–Crippen LogP) is 2.36. The van der Waals surface area contributed by atoms with E-state index in [2.05, 4.69) is 4.72 Å². The van der Waals surface area contributed by atoms with Gasteiger partial charge in [0.25, 0.3) is 10.0 Å². The van der Waals surface area contributed by atoms with Crippen molar-refractivity contribution < 1.29 is 27.9 Å². The lowest BCUT2D eigenvalue weighted by molar-refractivity contribution is 0.0527. The summed E-state index contributed by atoms with van der Waals surface area (Å²) in [5.74, 6) is -1.89. The largest absolute Gasteiger partial charge is 0.478 e. The minimum Gasteiger partial charge on any atom is -0.478 e. The first kappa shape index (κ1) is 17.5. The van der Waals surface area contributed by atoms with Crippen molar-refractivity contribution in [2.24, 2.45) is 0 Å². The van der Waals surface area contributed by atoms with Gasteiger partial charge in [-0.1, -0.05) is 18.2 Å². The van der Waals surface area contributed by atoms with Crippen LogP contribution in [0.2, 0.25) is 0 Å². The number of aromatic carboxylic acids is 1. The first-order chi connectivity index (χ1) is 11.3. The molecule has 0 saturated carbocycles. The quantitative estimate of drug-likeness (QED) is 0.775. The lowest BCUT2D eigenvalue weighted by Crippen LogP contribution is -2.17. The number of anilines is 1. The normalized spacial score (nSPS) is 10.9. The van der Waals surface area contributed by atoms with E-state index in [1.54, 1.807) is 19.1 Å². The predicted molar refractivity (Wildman–Crippen MR) is 86.6 cm³/mol. The smallest absolute Gasteiger partial charge is 0.340 e. The summed E-state index contributed by atoms with van der Waals surface area (Å²) in [7, 11) is -4.06. The average molecular weight is 349 g/mol. The van der Waals surface area contributed by atoms with Gasteiger partial charge in [0, 0.05) is 0 Å². The average Bonchev–Trinajstić information content (AvgIpc) is 2.55. The Hall–Kier alpha value is -2.87. The summed E-state index contributed by atoms with van der Waals surface area (Å²) in [6.45, 7) is 1.79. The Morgan fingerprint density at radius 1 is 1.12 bits per heavy atom. The maximum absolute atomic E-state index is 12.5. The van der Waals surface area contributed by atoms with Crippen molar-refractivity contribution in [3.05, 3.63) is 59.7 Å². The molecule has 0 aliphatic carbocycles. The number of hydrogen-bond donors (Lipinski definition) is 2. The van der Waals surface area contributed by atoms with Crippen molar-refractivity contribution in [3.63, 3.8) is 0 Å². The van der Waals surface area contributed by atoms with Gasteiger partial charge in [0.1, 0.15) is 0 Å². The third-order valence-corrected chi connectivity index (χ3v) is 4.42. The molecule has 0 aliphatic heterocycles. The Labute approximate surface area is 138 Å². The highest BCUT2D eigenvalue weighted by atomic mass is 32.2. The zero-order valence-corrected chi connectivity index (χ0v) is 13.5. The van der Waals surface area contributed by atoms with Crippen LogP contribution in [-0.4, -0.2) is 32.1 Å². The van der Waals surface area contributed by atoms with Crippen LogP contribution in [0.3, 0.4) is 0 Å². The monoisotopic (exact) mass is 349 g/mol. The molecule has 2 aromatic rings. The summed E-state index contributed by atoms with van der Waals surface area (Å²) in [4.78, 5) is 22.7. The third-order valence-electron chi connectivity index (χ3n) is 3.06. The fourth-order valence-electron chi connectivity index (χ4n) is 1.96. The van der Waals surface area contributed by atoms with E-state index in [0.717, 1.165) is 6.07 Å². The highest BCUT2D eigenvalue weighted by Gasteiger charge is 2.20. The topological polar surface area (TPSA) is 110 Å². The fourth-order valence-corrected chi connectivity index (χ4v) is 3.08. The Balaban J connectivity index is 2.38. The third kappa shape index (κ3) is 3.90. The SMILES string of the molecule is CCOC(=O)c1ccccc1NS(=O)(=O)c1cccc(C(=O)O)c1. The number of hydrogen-bond acceptors (Lipinski definition) is 5. The van der Waals surface area contributed by atoms with Crippen molar-refractivity contribution in [3.8, 4) is 0 Å². The molecule has 24 heavy (non-hydrogen) atoms. The van der Waals surface area contributed by atoms with Crippen LogP contribution in [-0.2, 0) is 14.8 Å². The standard InChI is InChI=1S/C16H15NO6S/c1-2-23-16(20)13-8-3-4-9-14(13)17-24(21,22)12-7-5-6-11(10-12)15(18)19/h3-10,17H,2H2,1H3,(H,18,19). The molecule has 0 aliphatic rings. The number of benzene rings is 2. The zero-order valence-electron chi connectivity index (χ0n) is 12.7. The maximum atomic E-state index is 12.5. The van der Waals surface area contributed by atoms with E-state index < -0.39 is 22.0 Å². The molecule has 0 atom stereocenters. The number of nitrogens with one attached hydrogen (secondary N) is 1. The molecule has 0 spiro atoms. The summed E-state index contributed by atoms with van der Waals surface area (Å²) in [5.41, 5.74) is -0.0365. The summed E-state index contributed by atoms with van der Waals surface area (Å²) >= 11 is 0. The van der Waals surface area contributed by atoms with Crippen LogP contribution < -0.4 is 4.72 Å². The van der Waals surface area contributed by atoms with Crippen LogP contribution in [0.1, 0.15) is 27.6 Å². The number of sulfonamides is 1. The molecule has 0 amide bonds. The van der Waals surface area contributed by atoms with Gasteiger partial charge in [0.15, 0.2) is 0 Å². The van der Waals surface area contributed by atoms with Gasteiger partial charge in [-0.15, -0.1) is 0 Å². The molecule has 0 bridgehead atoms. The van der Waals surface area contributed by atoms with Crippen LogP contribution in [0.15, 0.2) is 53.4 Å². The molecule has 0 fully saturated rings. The van der Waals surface area contributed by atoms with E-state index in [9.17, 15) is 18.0 Å². The summed E-state index contributed by atoms with van der Waals surface area (Å²) in [6.07, 6.45) is 0. The fraction of sp³-hybridized carbons (Fsp3) is 0.125. The van der Waals surface area contributed by atoms with E-state index >= 15 is 0 Å². The molecule has 7 nitrogen and oxygen atoms in total. The van der Waals surface area contributed by atoms with Crippen LogP contribution in [0, 0.1) is 0 Å². The summed E-state index contributed by atoms with van der Waals surface area (Å²) in [6, 6.07) is 10.9. The van der Waals surface area contributed by atoms with Crippen molar-refractivity contribution in [1.82, 2.24) is 0 Å². The van der Waals surface area contributed by atoms with E-state index in [4.69, 9.17) is 9.84 Å². The van der Waals surface area contributed by atoms with E-state index in [1.807, 2.05) is 0 Å². The molecular weight excluding hydrogens is 334 g/mol. The number of carboxylic acids is 1. The highest BCUT2D eigenvalue weighted by molar-refractivity contribution is 7.92. The van der Waals surface area contributed by atoms with Gasteiger partial charge in [-0.25, -0.2) is 18.0 Å². The molecule has 2 N–H and O–H groups in total. The van der Waals surface area contributed by atoms with Gasteiger partial charge in [0.2, 0.25) is 0 Å². The minimum absolute atomic E-state index is 0.0525. The van der Waals surface area contributed by atoms with Crippen molar-refractivity contribution in [2.45, 2.75) is 11.8 Å². The molecule has 0 heterocycles. The van der Waals surface area contributed by atoms with Gasteiger partial charge in [0.05, 0.1) is 28.3 Å². The van der Waals surface area contributed by atoms with Gasteiger partial charge < -0.3 is 9.84 Å². The molecule has 0 unspecified atom stereocenters. The number of carbonyl (C=O) groups excluding carboxylic acids is 1. The second-order valence-electron chi connectivity index (χ2n) is 4.70. The molecule has 0 aromatic heterocycles. The lowest BCUT2D eigenvalue weighted by Gasteiger charge is -2.12. The maximum Gasteiger partial charge on any atom is 0.340 e. The molecule has 126 valence electrons. The number of esters is 1. The van der Waals surface area contributed by atoms with Crippen molar-refractivity contribution in [1.29, 1.82) is 0 Å². The van der Waals surface area contributed by atoms with Crippen LogP contribution in [0.4, 0.5) is 5.69 Å². The van der Waals surface area contributed by atoms with E-state index in [0.29, 0.717) is 0 Å². The highest BCUT2D eigenvalue weighted by Crippen LogP contribution is 2.21. The van der Waals surface area contributed by atoms with Crippen LogP contribution in [0.25, 0.3) is 0 Å². The number of carbonyl (C=O) groups is 2. The molecular formula is C16H15NO6S. The Morgan fingerprint density at radius 3 is 2.50 bits per heavy atom. The lowest BCUT2D eigenvalue weighted by atomic mass is 10.2. The minimum atomic E-state index is -4.06. The Morgan fingerprint density at radius 2 is 1.83 bits per heavy atom. The second-order valence-corrected chi connectivity index (χ2v) is 6.39. The Bertz CT molecular complexity index is 876. The Kier molecular flexibility index (Phi) is 5.20. The van der Waals surface area contributed by atoms with Crippen LogP contribution in [0.5, 0.6) is 0 Å². The number of para-hydroxylation sites is 1. The van der Waals surface area contributed by atoms with Crippen molar-refractivity contribution >= 4 is 27.6 Å². The molecule has 0 saturated heterocycles. The van der Waals surface area contributed by atoms with Crippen molar-refractivity contribution in [2.75, 3.05) is 11.3 Å². The number of carboxylic acid groups (broad SMARTS) is 1. The molecule has 2 rings (SSSR count).